The maximum absolute atomic E-state index is 13.0. The van der Waals surface area contributed by atoms with Crippen LogP contribution in [-0.4, -0.2) is 22.8 Å². The van der Waals surface area contributed by atoms with Gasteiger partial charge in [-0.15, -0.1) is 5.10 Å². The predicted molar refractivity (Wildman–Crippen MR) is 72.7 cm³/mol. The van der Waals surface area contributed by atoms with Crippen LogP contribution in [0, 0.1) is 11.6 Å². The van der Waals surface area contributed by atoms with E-state index < -0.39 is 11.6 Å². The van der Waals surface area contributed by atoms with E-state index in [0.29, 0.717) is 43.0 Å². The van der Waals surface area contributed by atoms with Gasteiger partial charge in [0.15, 0.2) is 0 Å². The van der Waals surface area contributed by atoms with Crippen molar-refractivity contribution in [1.82, 2.24) is 15.5 Å². The van der Waals surface area contributed by atoms with Gasteiger partial charge in [0.25, 0.3) is 0 Å². The molecule has 2 N–H and O–H groups in total. The maximum Gasteiger partial charge on any atom is 0.315 e. The van der Waals surface area contributed by atoms with Gasteiger partial charge in [-0.1, -0.05) is 5.10 Å². The molecular weight excluding hydrogens is 278 g/mol. The minimum atomic E-state index is -0.573. The van der Waals surface area contributed by atoms with Crippen LogP contribution in [-0.2, 0) is 13.0 Å². The Morgan fingerprint density at radius 3 is 2.62 bits per heavy atom. The Labute approximate surface area is 120 Å². The highest BCUT2D eigenvalue weighted by Crippen LogP contribution is 2.19. The van der Waals surface area contributed by atoms with Crippen LogP contribution in [0.25, 0.3) is 0 Å². The summed E-state index contributed by atoms with van der Waals surface area (Å²) in [6.07, 6.45) is 2.86. The van der Waals surface area contributed by atoms with Gasteiger partial charge in [-0.2, -0.15) is 0 Å². The average Bonchev–Trinajstić information content (AvgIpc) is 3.15. The van der Waals surface area contributed by atoms with Crippen molar-refractivity contribution in [1.29, 1.82) is 0 Å². The number of hydrogen-bond donors (Lipinski definition) is 2. The summed E-state index contributed by atoms with van der Waals surface area (Å²) < 4.78 is 31.5. The van der Waals surface area contributed by atoms with E-state index in [-0.39, 0.29) is 0 Å². The van der Waals surface area contributed by atoms with E-state index in [1.165, 1.54) is 25.0 Å². The SMILES string of the molecule is Fc1cc(F)cc(CCNc2nnc(CNC3CC3)o2)c1. The molecule has 0 radical (unpaired) electrons. The van der Waals surface area contributed by atoms with E-state index in [2.05, 4.69) is 20.8 Å². The molecule has 1 aromatic heterocycles. The maximum atomic E-state index is 13.0. The summed E-state index contributed by atoms with van der Waals surface area (Å²) >= 11 is 0. The summed E-state index contributed by atoms with van der Waals surface area (Å²) in [7, 11) is 0. The summed E-state index contributed by atoms with van der Waals surface area (Å²) in [5.74, 6) is -0.617. The third-order valence-electron chi connectivity index (χ3n) is 3.20. The fraction of sp³-hybridized carbons (Fsp3) is 0.429. The minimum absolute atomic E-state index is 0.319. The second-order valence-electron chi connectivity index (χ2n) is 5.11. The van der Waals surface area contributed by atoms with E-state index in [4.69, 9.17) is 4.42 Å². The second kappa shape index (κ2) is 6.17. The standard InChI is InChI=1S/C14H16F2N4O/c15-10-5-9(6-11(16)7-10)3-4-17-14-20-19-13(21-14)8-18-12-1-2-12/h5-7,12,18H,1-4,8H2,(H,17,20). The van der Waals surface area contributed by atoms with Gasteiger partial charge >= 0.3 is 6.01 Å². The molecule has 1 aliphatic rings. The molecule has 1 aromatic carbocycles. The molecule has 2 aromatic rings. The summed E-state index contributed by atoms with van der Waals surface area (Å²) in [6.45, 7) is 1.02. The smallest absolute Gasteiger partial charge is 0.315 e. The van der Waals surface area contributed by atoms with Crippen LogP contribution in [0.1, 0.15) is 24.3 Å². The number of aromatic nitrogens is 2. The molecule has 0 atom stereocenters. The van der Waals surface area contributed by atoms with E-state index >= 15 is 0 Å². The highest BCUT2D eigenvalue weighted by Gasteiger charge is 2.21. The number of rotatable bonds is 7. The second-order valence-corrected chi connectivity index (χ2v) is 5.11. The largest absolute Gasteiger partial charge is 0.407 e. The van der Waals surface area contributed by atoms with Gasteiger partial charge < -0.3 is 15.1 Å². The van der Waals surface area contributed by atoms with E-state index in [0.717, 1.165) is 6.07 Å². The van der Waals surface area contributed by atoms with Crippen molar-refractivity contribution in [3.05, 3.63) is 41.3 Å². The van der Waals surface area contributed by atoms with Crippen LogP contribution in [0.3, 0.4) is 0 Å². The first-order chi connectivity index (χ1) is 10.2. The van der Waals surface area contributed by atoms with Gasteiger partial charge in [-0.05, 0) is 37.0 Å². The van der Waals surface area contributed by atoms with Crippen molar-refractivity contribution in [3.63, 3.8) is 0 Å². The normalized spacial score (nSPS) is 14.4. The molecule has 1 aliphatic carbocycles. The number of halogens is 2. The quantitative estimate of drug-likeness (QED) is 0.820. The zero-order valence-corrected chi connectivity index (χ0v) is 11.4. The van der Waals surface area contributed by atoms with Gasteiger partial charge in [0.05, 0.1) is 6.54 Å². The van der Waals surface area contributed by atoms with Crippen LogP contribution in [0.2, 0.25) is 0 Å². The summed E-state index contributed by atoms with van der Waals surface area (Å²) in [5, 5.41) is 14.0. The third kappa shape index (κ3) is 4.22. The van der Waals surface area contributed by atoms with Crippen molar-refractivity contribution in [2.24, 2.45) is 0 Å². The van der Waals surface area contributed by atoms with E-state index in [1.54, 1.807) is 0 Å². The average molecular weight is 294 g/mol. The molecule has 0 unspecified atom stereocenters. The van der Waals surface area contributed by atoms with E-state index in [1.807, 2.05) is 0 Å². The fourth-order valence-electron chi connectivity index (χ4n) is 1.98. The lowest BCUT2D eigenvalue weighted by Gasteiger charge is -2.03. The lowest BCUT2D eigenvalue weighted by Crippen LogP contribution is -2.15. The summed E-state index contributed by atoms with van der Waals surface area (Å²) in [6, 6.07) is 4.37. The van der Waals surface area contributed by atoms with Gasteiger partial charge in [-0.3, -0.25) is 0 Å². The molecule has 0 amide bonds. The molecule has 1 heterocycles. The van der Waals surface area contributed by atoms with Gasteiger partial charge in [0.1, 0.15) is 11.6 Å². The molecule has 0 bridgehead atoms. The first-order valence-corrected chi connectivity index (χ1v) is 6.93. The molecule has 0 spiro atoms. The topological polar surface area (TPSA) is 63.0 Å². The number of nitrogens with one attached hydrogen (secondary N) is 2. The Bertz CT molecular complexity index is 593. The summed E-state index contributed by atoms with van der Waals surface area (Å²) in [4.78, 5) is 0. The number of nitrogens with zero attached hydrogens (tertiary/aromatic N) is 2. The molecule has 0 saturated heterocycles. The molecule has 3 rings (SSSR count). The fourth-order valence-corrected chi connectivity index (χ4v) is 1.98. The highest BCUT2D eigenvalue weighted by molar-refractivity contribution is 5.21. The van der Waals surface area contributed by atoms with Gasteiger partial charge in [-0.25, -0.2) is 8.78 Å². The van der Waals surface area contributed by atoms with Gasteiger partial charge in [0.2, 0.25) is 5.89 Å². The van der Waals surface area contributed by atoms with Gasteiger partial charge in [0, 0.05) is 18.7 Å². The highest BCUT2D eigenvalue weighted by atomic mass is 19.1. The molecule has 21 heavy (non-hydrogen) atoms. The molecule has 7 heteroatoms. The number of benzene rings is 1. The molecule has 112 valence electrons. The Balaban J connectivity index is 1.46. The van der Waals surface area contributed by atoms with Crippen LogP contribution in [0.4, 0.5) is 14.8 Å². The van der Waals surface area contributed by atoms with Crippen molar-refractivity contribution in [3.8, 4) is 0 Å². The Hall–Kier alpha value is -2.02. The molecular formula is C14H16F2N4O. The number of anilines is 1. The Kier molecular flexibility index (Phi) is 4.10. The molecule has 5 nitrogen and oxygen atoms in total. The van der Waals surface area contributed by atoms with Crippen LogP contribution in [0.15, 0.2) is 22.6 Å². The van der Waals surface area contributed by atoms with Crippen LogP contribution in [0.5, 0.6) is 0 Å². The molecule has 1 fully saturated rings. The minimum Gasteiger partial charge on any atom is -0.407 e. The Morgan fingerprint density at radius 1 is 1.14 bits per heavy atom. The lowest BCUT2D eigenvalue weighted by atomic mass is 10.1. The van der Waals surface area contributed by atoms with Crippen molar-refractivity contribution in [2.45, 2.75) is 31.8 Å². The molecule has 0 aliphatic heterocycles. The zero-order valence-electron chi connectivity index (χ0n) is 11.4. The monoisotopic (exact) mass is 294 g/mol. The Morgan fingerprint density at radius 2 is 1.90 bits per heavy atom. The van der Waals surface area contributed by atoms with Crippen LogP contribution >= 0.6 is 0 Å². The summed E-state index contributed by atoms with van der Waals surface area (Å²) in [5.41, 5.74) is 0.579. The predicted octanol–water partition coefficient (Wildman–Crippen LogP) is 2.25. The lowest BCUT2D eigenvalue weighted by molar-refractivity contribution is 0.476. The zero-order chi connectivity index (χ0) is 14.7. The van der Waals surface area contributed by atoms with Crippen LogP contribution < -0.4 is 10.6 Å². The third-order valence-corrected chi connectivity index (χ3v) is 3.20. The molecule has 1 saturated carbocycles. The number of hydrogen-bond acceptors (Lipinski definition) is 5. The first-order valence-electron chi connectivity index (χ1n) is 6.93. The van der Waals surface area contributed by atoms with Crippen molar-refractivity contribution >= 4 is 6.01 Å². The van der Waals surface area contributed by atoms with E-state index in [9.17, 15) is 8.78 Å². The van der Waals surface area contributed by atoms with Crippen molar-refractivity contribution in [2.75, 3.05) is 11.9 Å². The van der Waals surface area contributed by atoms with Crippen molar-refractivity contribution < 1.29 is 13.2 Å². The first kappa shape index (κ1) is 13.9.